The molecule has 0 bridgehead atoms. The van der Waals surface area contributed by atoms with E-state index in [0.29, 0.717) is 46.7 Å². The second-order valence-electron chi connectivity index (χ2n) is 9.21. The Morgan fingerprint density at radius 2 is 1.58 bits per heavy atom. The lowest BCUT2D eigenvalue weighted by molar-refractivity contribution is -0.110. The molecule has 38 heavy (non-hydrogen) atoms. The van der Waals surface area contributed by atoms with Crippen molar-refractivity contribution >= 4 is 40.4 Å². The number of carbonyl (C=O) groups excluding carboxylic acids is 3. The first-order valence-electron chi connectivity index (χ1n) is 12.5. The van der Waals surface area contributed by atoms with Gasteiger partial charge in [0.15, 0.2) is 0 Å². The molecule has 1 heterocycles. The molecular formula is C30H32N4O4. The molecule has 3 aromatic carbocycles. The molecule has 2 amide bonds. The molecule has 0 saturated carbocycles. The van der Waals surface area contributed by atoms with Crippen molar-refractivity contribution in [3.05, 3.63) is 95.1 Å². The Morgan fingerprint density at radius 3 is 2.21 bits per heavy atom. The van der Waals surface area contributed by atoms with Crippen LogP contribution in [-0.2, 0) is 9.53 Å². The number of hydrogen-bond acceptors (Lipinski definition) is 6. The first kappa shape index (κ1) is 26.6. The third-order valence-electron chi connectivity index (χ3n) is 6.38. The standard InChI is InChI=1S/C30H32N4O4/c1-5-34(18-17-33(2)3)29(36)21-11-14-23(15-12-21)31-27(20-9-7-6-8-10-20)26-24-16-13-22(30(37)38-4)19-25(24)32-28(26)35/h6-16,19,31H,5,17-18H2,1-4H3,(H,32,35)/b27-26-. The van der Waals surface area contributed by atoms with E-state index in [1.807, 2.05) is 68.4 Å². The van der Waals surface area contributed by atoms with Crippen LogP contribution in [0.15, 0.2) is 72.8 Å². The van der Waals surface area contributed by atoms with E-state index in [1.165, 1.54) is 7.11 Å². The van der Waals surface area contributed by atoms with Gasteiger partial charge in [-0.3, -0.25) is 9.59 Å². The Morgan fingerprint density at radius 1 is 0.895 bits per heavy atom. The number of likely N-dealkylation sites (N-methyl/N-ethyl adjacent to an activating group) is 2. The normalized spacial score (nSPS) is 13.6. The van der Waals surface area contributed by atoms with Gasteiger partial charge in [-0.05, 0) is 63.0 Å². The maximum absolute atomic E-state index is 13.2. The lowest BCUT2D eigenvalue weighted by atomic mass is 9.99. The number of anilines is 2. The molecule has 0 radical (unpaired) electrons. The van der Waals surface area contributed by atoms with Gasteiger partial charge < -0.3 is 25.2 Å². The number of esters is 1. The van der Waals surface area contributed by atoms with Gasteiger partial charge in [-0.2, -0.15) is 0 Å². The van der Waals surface area contributed by atoms with Crippen LogP contribution in [0.5, 0.6) is 0 Å². The van der Waals surface area contributed by atoms with E-state index >= 15 is 0 Å². The number of benzene rings is 3. The van der Waals surface area contributed by atoms with E-state index in [-0.39, 0.29) is 11.8 Å². The monoisotopic (exact) mass is 512 g/mol. The molecule has 0 aliphatic carbocycles. The molecule has 0 saturated heterocycles. The summed E-state index contributed by atoms with van der Waals surface area (Å²) >= 11 is 0. The van der Waals surface area contributed by atoms with Crippen LogP contribution in [0.3, 0.4) is 0 Å². The highest BCUT2D eigenvalue weighted by atomic mass is 16.5. The predicted octanol–water partition coefficient (Wildman–Crippen LogP) is 4.43. The van der Waals surface area contributed by atoms with E-state index in [4.69, 9.17) is 4.74 Å². The van der Waals surface area contributed by atoms with Crippen LogP contribution < -0.4 is 10.6 Å². The summed E-state index contributed by atoms with van der Waals surface area (Å²) in [5, 5.41) is 6.27. The molecule has 0 fully saturated rings. The molecule has 1 aliphatic rings. The number of fused-ring (bicyclic) bond motifs is 1. The molecule has 0 atom stereocenters. The largest absolute Gasteiger partial charge is 0.465 e. The minimum atomic E-state index is -0.473. The van der Waals surface area contributed by atoms with Crippen molar-refractivity contribution in [3.63, 3.8) is 0 Å². The molecule has 1 aliphatic heterocycles. The summed E-state index contributed by atoms with van der Waals surface area (Å²) in [6.45, 7) is 4.04. The summed E-state index contributed by atoms with van der Waals surface area (Å²) in [6, 6.07) is 21.8. The van der Waals surface area contributed by atoms with Gasteiger partial charge in [0.1, 0.15) is 0 Å². The van der Waals surface area contributed by atoms with Gasteiger partial charge in [0.05, 0.1) is 29.6 Å². The number of nitrogens with one attached hydrogen (secondary N) is 2. The Bertz CT molecular complexity index is 1360. The second-order valence-corrected chi connectivity index (χ2v) is 9.21. The molecule has 196 valence electrons. The number of rotatable bonds is 9. The Kier molecular flexibility index (Phi) is 8.23. The molecule has 3 aromatic rings. The van der Waals surface area contributed by atoms with Gasteiger partial charge in [0, 0.05) is 36.4 Å². The van der Waals surface area contributed by atoms with Gasteiger partial charge >= 0.3 is 5.97 Å². The minimum Gasteiger partial charge on any atom is -0.465 e. The van der Waals surface area contributed by atoms with Crippen molar-refractivity contribution in [2.75, 3.05) is 51.5 Å². The first-order chi connectivity index (χ1) is 18.3. The SMILES string of the molecule is CCN(CCN(C)C)C(=O)c1ccc(N/C(=C2\C(=O)Nc3cc(C(=O)OC)ccc32)c2ccccc2)cc1. The maximum Gasteiger partial charge on any atom is 0.337 e. The fourth-order valence-corrected chi connectivity index (χ4v) is 4.30. The van der Waals surface area contributed by atoms with Crippen molar-refractivity contribution in [2.24, 2.45) is 0 Å². The van der Waals surface area contributed by atoms with E-state index in [1.54, 1.807) is 30.3 Å². The molecule has 0 spiro atoms. The van der Waals surface area contributed by atoms with Crippen molar-refractivity contribution < 1.29 is 19.1 Å². The Hall–Kier alpha value is -4.43. The zero-order valence-electron chi connectivity index (χ0n) is 22.1. The zero-order valence-corrected chi connectivity index (χ0v) is 22.1. The van der Waals surface area contributed by atoms with Crippen LogP contribution >= 0.6 is 0 Å². The fourth-order valence-electron chi connectivity index (χ4n) is 4.30. The molecule has 8 heteroatoms. The lowest BCUT2D eigenvalue weighted by Gasteiger charge is -2.23. The van der Waals surface area contributed by atoms with Crippen molar-refractivity contribution in [1.29, 1.82) is 0 Å². The predicted molar refractivity (Wildman–Crippen MR) is 150 cm³/mol. The average molecular weight is 513 g/mol. The Balaban J connectivity index is 1.67. The smallest absolute Gasteiger partial charge is 0.337 e. The molecular weight excluding hydrogens is 480 g/mol. The number of carbonyl (C=O) groups is 3. The van der Waals surface area contributed by atoms with E-state index < -0.39 is 5.97 Å². The summed E-state index contributed by atoms with van der Waals surface area (Å²) in [4.78, 5) is 42.1. The summed E-state index contributed by atoms with van der Waals surface area (Å²) in [5.41, 5.74) is 4.82. The molecule has 0 aromatic heterocycles. The number of amides is 2. The van der Waals surface area contributed by atoms with Gasteiger partial charge in [0.25, 0.3) is 11.8 Å². The molecule has 2 N–H and O–H groups in total. The quantitative estimate of drug-likeness (QED) is 0.326. The van der Waals surface area contributed by atoms with Crippen molar-refractivity contribution in [2.45, 2.75) is 6.92 Å². The number of hydrogen-bond donors (Lipinski definition) is 2. The van der Waals surface area contributed by atoms with Crippen LogP contribution in [0.1, 0.15) is 38.8 Å². The number of nitrogens with zero attached hydrogens (tertiary/aromatic N) is 2. The highest BCUT2D eigenvalue weighted by Crippen LogP contribution is 2.38. The molecule has 4 rings (SSSR count). The van der Waals surface area contributed by atoms with Crippen LogP contribution in [-0.4, -0.2) is 68.4 Å². The average Bonchev–Trinajstić information content (AvgIpc) is 3.26. The third kappa shape index (κ3) is 5.76. The topological polar surface area (TPSA) is 91.0 Å². The highest BCUT2D eigenvalue weighted by molar-refractivity contribution is 6.37. The van der Waals surface area contributed by atoms with Crippen molar-refractivity contribution in [1.82, 2.24) is 9.80 Å². The van der Waals surface area contributed by atoms with Crippen molar-refractivity contribution in [3.8, 4) is 0 Å². The van der Waals surface area contributed by atoms with Crippen LogP contribution in [0.2, 0.25) is 0 Å². The van der Waals surface area contributed by atoms with E-state index in [2.05, 4.69) is 15.5 Å². The fraction of sp³-hybridized carbons (Fsp3) is 0.233. The minimum absolute atomic E-state index is 0.0203. The molecule has 8 nitrogen and oxygen atoms in total. The van der Waals surface area contributed by atoms with Gasteiger partial charge in [-0.15, -0.1) is 0 Å². The maximum atomic E-state index is 13.2. The summed E-state index contributed by atoms with van der Waals surface area (Å²) < 4.78 is 4.81. The number of ether oxygens (including phenoxy) is 1. The van der Waals surface area contributed by atoms with Gasteiger partial charge in [-0.25, -0.2) is 4.79 Å². The van der Waals surface area contributed by atoms with Crippen LogP contribution in [0.4, 0.5) is 11.4 Å². The highest BCUT2D eigenvalue weighted by Gasteiger charge is 2.29. The zero-order chi connectivity index (χ0) is 27.2. The number of methoxy groups -OCH3 is 1. The summed E-state index contributed by atoms with van der Waals surface area (Å²) in [7, 11) is 5.29. The van der Waals surface area contributed by atoms with E-state index in [9.17, 15) is 14.4 Å². The third-order valence-corrected chi connectivity index (χ3v) is 6.38. The first-order valence-corrected chi connectivity index (χ1v) is 12.5. The van der Waals surface area contributed by atoms with Crippen LogP contribution in [0, 0.1) is 0 Å². The second kappa shape index (κ2) is 11.7. The van der Waals surface area contributed by atoms with Crippen LogP contribution in [0.25, 0.3) is 11.3 Å². The van der Waals surface area contributed by atoms with Gasteiger partial charge in [0.2, 0.25) is 0 Å². The van der Waals surface area contributed by atoms with E-state index in [0.717, 1.165) is 17.8 Å². The summed E-state index contributed by atoms with van der Waals surface area (Å²) in [6.07, 6.45) is 0. The Labute approximate surface area is 222 Å². The van der Waals surface area contributed by atoms with Gasteiger partial charge in [-0.1, -0.05) is 36.4 Å². The lowest BCUT2D eigenvalue weighted by Crippen LogP contribution is -2.36. The molecule has 0 unspecified atom stereocenters. The summed E-state index contributed by atoms with van der Waals surface area (Å²) in [5.74, 6) is -0.772.